The fraction of sp³-hybridized carbons (Fsp3) is 0.357. The number of nitrogens with one attached hydrogen (secondary N) is 1. The van der Waals surface area contributed by atoms with E-state index >= 15 is 0 Å². The Morgan fingerprint density at radius 1 is 1.29 bits per heavy atom. The topological polar surface area (TPSA) is 38.1 Å². The molecule has 1 N–H and O–H groups in total. The van der Waals surface area contributed by atoms with Gasteiger partial charge in [-0.25, -0.2) is 0 Å². The lowest BCUT2D eigenvalue weighted by Crippen LogP contribution is -2.19. The summed E-state index contributed by atoms with van der Waals surface area (Å²) < 4.78 is 4.80. The van der Waals surface area contributed by atoms with Crippen LogP contribution < -0.4 is 5.32 Å². The van der Waals surface area contributed by atoms with E-state index in [4.69, 9.17) is 4.52 Å². The number of benzene rings is 1. The molecule has 90 valence electrons. The molecule has 0 saturated carbocycles. The van der Waals surface area contributed by atoms with Gasteiger partial charge in [-0.2, -0.15) is 0 Å². The smallest absolute Gasteiger partial charge is 0.124 e. The first-order chi connectivity index (χ1) is 8.16. The van der Waals surface area contributed by atoms with E-state index in [0.717, 1.165) is 12.2 Å². The number of rotatable bonds is 4. The zero-order chi connectivity index (χ0) is 12.3. The van der Waals surface area contributed by atoms with Crippen LogP contribution in [0, 0.1) is 13.8 Å². The van der Waals surface area contributed by atoms with E-state index < -0.39 is 0 Å². The van der Waals surface area contributed by atoms with Crippen LogP contribution in [0.2, 0.25) is 0 Å². The summed E-state index contributed by atoms with van der Waals surface area (Å²) in [7, 11) is 0. The van der Waals surface area contributed by atoms with Gasteiger partial charge in [-0.15, -0.1) is 0 Å². The van der Waals surface area contributed by atoms with Crippen molar-refractivity contribution < 1.29 is 4.52 Å². The quantitative estimate of drug-likeness (QED) is 0.876. The Balaban J connectivity index is 2.01. The molecule has 0 radical (unpaired) electrons. The molecule has 3 nitrogen and oxygen atoms in total. The summed E-state index contributed by atoms with van der Waals surface area (Å²) in [4.78, 5) is 0. The molecule has 0 bridgehead atoms. The molecule has 1 unspecified atom stereocenters. The van der Waals surface area contributed by atoms with Crippen molar-refractivity contribution in [2.75, 3.05) is 0 Å². The molecule has 0 amide bonds. The van der Waals surface area contributed by atoms with Crippen LogP contribution in [0.1, 0.15) is 35.3 Å². The van der Waals surface area contributed by atoms with Gasteiger partial charge in [0.1, 0.15) is 6.26 Å². The molecule has 1 heterocycles. The third kappa shape index (κ3) is 2.94. The Kier molecular flexibility index (Phi) is 3.59. The van der Waals surface area contributed by atoms with Crippen molar-refractivity contribution in [3.8, 4) is 0 Å². The maximum Gasteiger partial charge on any atom is 0.124 e. The molecule has 1 atom stereocenters. The van der Waals surface area contributed by atoms with Gasteiger partial charge >= 0.3 is 0 Å². The zero-order valence-electron chi connectivity index (χ0n) is 10.5. The Hall–Kier alpha value is -1.61. The summed E-state index contributed by atoms with van der Waals surface area (Å²) in [6, 6.07) is 8.74. The summed E-state index contributed by atoms with van der Waals surface area (Å²) in [6.45, 7) is 7.16. The number of hydrogen-bond acceptors (Lipinski definition) is 3. The van der Waals surface area contributed by atoms with Crippen LogP contribution in [-0.2, 0) is 6.54 Å². The number of hydrogen-bond donors (Lipinski definition) is 1. The monoisotopic (exact) mass is 230 g/mol. The minimum Gasteiger partial charge on any atom is -0.364 e. The highest BCUT2D eigenvalue weighted by Gasteiger charge is 2.08. The fourth-order valence-corrected chi connectivity index (χ4v) is 2.01. The highest BCUT2D eigenvalue weighted by molar-refractivity contribution is 5.32. The summed E-state index contributed by atoms with van der Waals surface area (Å²) in [6.07, 6.45) is 1.60. The van der Waals surface area contributed by atoms with E-state index in [0.29, 0.717) is 6.04 Å². The molecule has 1 aromatic carbocycles. The molecule has 1 aromatic heterocycles. The van der Waals surface area contributed by atoms with Gasteiger partial charge in [0, 0.05) is 18.7 Å². The molecule has 0 aliphatic carbocycles. The average Bonchev–Trinajstić information content (AvgIpc) is 2.78. The van der Waals surface area contributed by atoms with E-state index in [-0.39, 0.29) is 0 Å². The molecule has 17 heavy (non-hydrogen) atoms. The first-order valence-corrected chi connectivity index (χ1v) is 5.86. The Bertz CT molecular complexity index is 477. The van der Waals surface area contributed by atoms with Crippen molar-refractivity contribution in [3.63, 3.8) is 0 Å². The predicted molar refractivity (Wildman–Crippen MR) is 67.7 cm³/mol. The minimum atomic E-state index is 0.312. The fourth-order valence-electron chi connectivity index (χ4n) is 2.01. The Morgan fingerprint density at radius 2 is 2.12 bits per heavy atom. The molecule has 2 aromatic rings. The lowest BCUT2D eigenvalue weighted by molar-refractivity contribution is 0.406. The van der Waals surface area contributed by atoms with Crippen LogP contribution in [0.25, 0.3) is 0 Å². The van der Waals surface area contributed by atoms with E-state index in [1.54, 1.807) is 6.26 Å². The molecule has 0 aliphatic heterocycles. The average molecular weight is 230 g/mol. The lowest BCUT2D eigenvalue weighted by atomic mass is 10.0. The van der Waals surface area contributed by atoms with Crippen molar-refractivity contribution in [2.45, 2.75) is 33.4 Å². The molecular weight excluding hydrogens is 212 g/mol. The van der Waals surface area contributed by atoms with Crippen molar-refractivity contribution in [1.29, 1.82) is 0 Å². The Morgan fingerprint density at radius 3 is 2.76 bits per heavy atom. The largest absolute Gasteiger partial charge is 0.364 e. The summed E-state index contributed by atoms with van der Waals surface area (Å²) in [5.41, 5.74) is 4.89. The van der Waals surface area contributed by atoms with Crippen LogP contribution in [0.5, 0.6) is 0 Å². The summed E-state index contributed by atoms with van der Waals surface area (Å²) in [5.74, 6) is 0. The molecule has 0 saturated heterocycles. The number of aromatic nitrogens is 1. The molecule has 2 rings (SSSR count). The molecule has 0 aliphatic rings. The molecule has 0 fully saturated rings. The normalized spacial score (nSPS) is 12.6. The lowest BCUT2D eigenvalue weighted by Gasteiger charge is -2.16. The van der Waals surface area contributed by atoms with E-state index in [9.17, 15) is 0 Å². The number of aryl methyl sites for hydroxylation is 2. The highest BCUT2D eigenvalue weighted by atomic mass is 16.5. The van der Waals surface area contributed by atoms with Gasteiger partial charge in [-0.05, 0) is 31.9 Å². The molecule has 3 heteroatoms. The summed E-state index contributed by atoms with van der Waals surface area (Å²) >= 11 is 0. The van der Waals surface area contributed by atoms with Gasteiger partial charge in [0.2, 0.25) is 0 Å². The molecule has 0 spiro atoms. The van der Waals surface area contributed by atoms with Crippen molar-refractivity contribution >= 4 is 0 Å². The second-order valence-electron chi connectivity index (χ2n) is 4.45. The van der Waals surface area contributed by atoms with E-state index in [1.807, 2.05) is 6.07 Å². The van der Waals surface area contributed by atoms with Crippen molar-refractivity contribution in [1.82, 2.24) is 10.5 Å². The maximum atomic E-state index is 4.80. The van der Waals surface area contributed by atoms with Gasteiger partial charge in [0.25, 0.3) is 0 Å². The Labute approximate surface area is 102 Å². The van der Waals surface area contributed by atoms with Gasteiger partial charge in [-0.1, -0.05) is 28.9 Å². The van der Waals surface area contributed by atoms with Gasteiger partial charge in [0.15, 0.2) is 0 Å². The SMILES string of the molecule is Cc1ccc(C(C)NCc2ccon2)c(C)c1. The zero-order valence-corrected chi connectivity index (χ0v) is 10.5. The second kappa shape index (κ2) is 5.15. The van der Waals surface area contributed by atoms with Crippen LogP contribution in [0.15, 0.2) is 35.1 Å². The van der Waals surface area contributed by atoms with Crippen molar-refractivity contribution in [3.05, 3.63) is 52.9 Å². The first-order valence-electron chi connectivity index (χ1n) is 5.86. The van der Waals surface area contributed by atoms with E-state index in [2.05, 4.69) is 49.4 Å². The molecular formula is C14H18N2O. The maximum absolute atomic E-state index is 4.80. The minimum absolute atomic E-state index is 0.312. The van der Waals surface area contributed by atoms with Crippen LogP contribution in [0.4, 0.5) is 0 Å². The van der Waals surface area contributed by atoms with E-state index in [1.165, 1.54) is 16.7 Å². The van der Waals surface area contributed by atoms with Gasteiger partial charge in [-0.3, -0.25) is 0 Å². The summed E-state index contributed by atoms with van der Waals surface area (Å²) in [5, 5.41) is 7.32. The third-order valence-electron chi connectivity index (χ3n) is 2.97. The number of nitrogens with zero attached hydrogens (tertiary/aromatic N) is 1. The van der Waals surface area contributed by atoms with Crippen LogP contribution in [0.3, 0.4) is 0 Å². The van der Waals surface area contributed by atoms with Gasteiger partial charge < -0.3 is 9.84 Å². The third-order valence-corrected chi connectivity index (χ3v) is 2.97. The van der Waals surface area contributed by atoms with Crippen LogP contribution >= 0.6 is 0 Å². The van der Waals surface area contributed by atoms with Gasteiger partial charge in [0.05, 0.1) is 5.69 Å². The second-order valence-corrected chi connectivity index (χ2v) is 4.45. The van der Waals surface area contributed by atoms with Crippen molar-refractivity contribution in [2.24, 2.45) is 0 Å². The standard InChI is InChI=1S/C14H18N2O/c1-10-4-5-14(11(2)8-10)12(3)15-9-13-6-7-17-16-13/h4-8,12,15H,9H2,1-3H3. The highest BCUT2D eigenvalue weighted by Crippen LogP contribution is 2.18. The first kappa shape index (κ1) is 11.9. The predicted octanol–water partition coefficient (Wildman–Crippen LogP) is 3.14. The van der Waals surface area contributed by atoms with Crippen LogP contribution in [-0.4, -0.2) is 5.16 Å².